The Kier molecular flexibility index (Phi) is 7.72. The molecule has 194 valence electrons. The molecule has 3 N–H and O–H groups in total. The molecule has 1 saturated heterocycles. The molecule has 36 heavy (non-hydrogen) atoms. The van der Waals surface area contributed by atoms with Crippen LogP contribution in [0.2, 0.25) is 0 Å². The van der Waals surface area contributed by atoms with Crippen LogP contribution in [0.5, 0.6) is 0 Å². The number of hydrazine groups is 1. The summed E-state index contributed by atoms with van der Waals surface area (Å²) in [5.41, 5.74) is 8.82. The largest absolute Gasteiger partial charge is 0.465 e. The van der Waals surface area contributed by atoms with Gasteiger partial charge in [-0.3, -0.25) is 4.79 Å². The van der Waals surface area contributed by atoms with Crippen LogP contribution in [0.25, 0.3) is 0 Å². The van der Waals surface area contributed by atoms with Gasteiger partial charge in [0.2, 0.25) is 5.91 Å². The van der Waals surface area contributed by atoms with Crippen LogP contribution in [0.1, 0.15) is 105 Å². The van der Waals surface area contributed by atoms with E-state index in [0.29, 0.717) is 17.2 Å². The summed E-state index contributed by atoms with van der Waals surface area (Å²) < 4.78 is 7.13. The zero-order chi connectivity index (χ0) is 25.0. The third-order valence-corrected chi connectivity index (χ3v) is 8.33. The minimum atomic E-state index is -0.439. The van der Waals surface area contributed by atoms with E-state index in [1.54, 1.807) is 6.07 Å². The van der Waals surface area contributed by atoms with Crippen LogP contribution in [-0.4, -0.2) is 34.6 Å². The number of rotatable bonds is 5. The molecule has 1 aliphatic heterocycles. The Balaban J connectivity index is 1.38. The molecule has 1 aromatic carbocycles. The lowest BCUT2D eigenvalue weighted by atomic mass is 9.69. The second kappa shape index (κ2) is 11.1. The maximum absolute atomic E-state index is 13.6. The molecule has 0 bridgehead atoms. The monoisotopic (exact) mass is 493 g/mol. The van der Waals surface area contributed by atoms with Crippen molar-refractivity contribution in [3.05, 3.63) is 48.0 Å². The molecule has 3 aliphatic rings. The molecule has 0 radical (unpaired) electrons. The van der Waals surface area contributed by atoms with E-state index in [1.807, 2.05) is 30.9 Å². The summed E-state index contributed by atoms with van der Waals surface area (Å²) in [5, 5.41) is 3.08. The first kappa shape index (κ1) is 25.0. The number of anilines is 1. The van der Waals surface area contributed by atoms with E-state index in [2.05, 4.69) is 25.7 Å². The average Bonchev–Trinajstić information content (AvgIpc) is 3.61. The molecule has 2 heterocycles. The van der Waals surface area contributed by atoms with Gasteiger partial charge in [-0.25, -0.2) is 20.6 Å². The topological polar surface area (TPSA) is 97.3 Å². The van der Waals surface area contributed by atoms with Gasteiger partial charge in [0.05, 0.1) is 24.7 Å². The molecule has 1 amide bonds. The zero-order valence-corrected chi connectivity index (χ0v) is 21.3. The molecule has 8 nitrogen and oxygen atoms in total. The zero-order valence-electron chi connectivity index (χ0n) is 21.3. The highest BCUT2D eigenvalue weighted by Crippen LogP contribution is 2.47. The molecule has 5 rings (SSSR count). The average molecular weight is 494 g/mol. The summed E-state index contributed by atoms with van der Waals surface area (Å²) >= 11 is 0. The normalized spacial score (nSPS) is 24.7. The number of esters is 1. The van der Waals surface area contributed by atoms with E-state index in [9.17, 15) is 9.59 Å². The van der Waals surface area contributed by atoms with Crippen molar-refractivity contribution in [1.29, 1.82) is 0 Å². The van der Waals surface area contributed by atoms with Gasteiger partial charge in [-0.15, -0.1) is 0 Å². The molecule has 2 aliphatic carbocycles. The lowest BCUT2D eigenvalue weighted by molar-refractivity contribution is -0.122. The fourth-order valence-electron chi connectivity index (χ4n) is 6.16. The van der Waals surface area contributed by atoms with Gasteiger partial charge in [-0.1, -0.05) is 51.0 Å². The number of carbonyl (C=O) groups is 2. The molecule has 2 atom stereocenters. The molecule has 3 fully saturated rings. The van der Waals surface area contributed by atoms with Gasteiger partial charge in [0, 0.05) is 17.8 Å². The number of hydrogen-bond acceptors (Lipinski definition) is 6. The smallest absolute Gasteiger partial charge is 0.339 e. The van der Waals surface area contributed by atoms with Crippen molar-refractivity contribution in [2.24, 2.45) is 5.41 Å². The van der Waals surface area contributed by atoms with E-state index in [-0.39, 0.29) is 17.5 Å². The van der Waals surface area contributed by atoms with E-state index in [4.69, 9.17) is 4.74 Å². The fourth-order valence-corrected chi connectivity index (χ4v) is 6.16. The van der Waals surface area contributed by atoms with Gasteiger partial charge in [0.25, 0.3) is 0 Å². The summed E-state index contributed by atoms with van der Waals surface area (Å²) in [6.07, 6.45) is 19.6. The molecule has 2 saturated carbocycles. The number of carbonyl (C=O) groups excluding carboxylic acids is 2. The Bertz CT molecular complexity index is 1040. The van der Waals surface area contributed by atoms with Gasteiger partial charge in [0.15, 0.2) is 0 Å². The predicted molar refractivity (Wildman–Crippen MR) is 138 cm³/mol. The van der Waals surface area contributed by atoms with Crippen LogP contribution in [-0.2, 0) is 9.53 Å². The molecule has 2 unspecified atom stereocenters. The standard InChI is InChI=1S/C28H39N5O3/c1-36-26(35)22-12-11-21(20-9-10-20)17-23(22)30-25(34)24-18-28(13-7-5-3-2-4-6-8-14-28)27(32-31-24)33-16-15-29-19-33/h11-12,15-17,19-20,24,27,31-32H,2-10,13-14,18H2,1H3,(H,30,34). The summed E-state index contributed by atoms with van der Waals surface area (Å²) in [5.74, 6) is -0.0449. The maximum atomic E-state index is 13.6. The Morgan fingerprint density at radius 3 is 2.42 bits per heavy atom. The highest BCUT2D eigenvalue weighted by molar-refractivity contribution is 6.03. The maximum Gasteiger partial charge on any atom is 0.339 e. The van der Waals surface area contributed by atoms with E-state index < -0.39 is 12.0 Å². The first-order valence-electron chi connectivity index (χ1n) is 13.6. The van der Waals surface area contributed by atoms with Crippen LogP contribution in [0.4, 0.5) is 5.69 Å². The summed E-state index contributed by atoms with van der Waals surface area (Å²) in [4.78, 5) is 30.4. The van der Waals surface area contributed by atoms with Gasteiger partial charge in [-0.05, 0) is 55.7 Å². The second-order valence-corrected chi connectivity index (χ2v) is 10.9. The van der Waals surface area contributed by atoms with Crippen molar-refractivity contribution in [3.8, 4) is 0 Å². The number of hydrogen-bond donors (Lipinski definition) is 3. The molecule has 2 aromatic rings. The third-order valence-electron chi connectivity index (χ3n) is 8.33. The van der Waals surface area contributed by atoms with Gasteiger partial charge < -0.3 is 14.6 Å². The number of ether oxygens (including phenoxy) is 1. The highest BCUT2D eigenvalue weighted by atomic mass is 16.5. The molecule has 8 heteroatoms. The van der Waals surface area contributed by atoms with E-state index in [0.717, 1.165) is 50.5 Å². The number of methoxy groups -OCH3 is 1. The van der Waals surface area contributed by atoms with Gasteiger partial charge in [0.1, 0.15) is 12.2 Å². The minimum absolute atomic E-state index is 0.0345. The molecule has 1 aromatic heterocycles. The number of benzene rings is 1. The number of aromatic nitrogens is 2. The predicted octanol–water partition coefficient (Wildman–Crippen LogP) is 5.06. The van der Waals surface area contributed by atoms with Crippen molar-refractivity contribution in [2.75, 3.05) is 12.4 Å². The van der Waals surface area contributed by atoms with E-state index >= 15 is 0 Å². The van der Waals surface area contributed by atoms with Crippen LogP contribution in [0, 0.1) is 5.41 Å². The quantitative estimate of drug-likeness (QED) is 0.504. The van der Waals surface area contributed by atoms with Crippen LogP contribution in [0.3, 0.4) is 0 Å². The highest BCUT2D eigenvalue weighted by Gasteiger charge is 2.46. The lowest BCUT2D eigenvalue weighted by Crippen LogP contribution is -2.61. The Hall–Kier alpha value is -2.71. The summed E-state index contributed by atoms with van der Waals surface area (Å²) in [6.45, 7) is 0. The SMILES string of the molecule is COC(=O)c1ccc(C2CC2)cc1NC(=O)C1CC2(CCCCCCCCC2)C(n2ccnc2)NN1. The Morgan fingerprint density at radius 2 is 1.78 bits per heavy atom. The van der Waals surface area contributed by atoms with Gasteiger partial charge in [-0.2, -0.15) is 0 Å². The summed E-state index contributed by atoms with van der Waals surface area (Å²) in [7, 11) is 1.37. The Labute approximate surface area is 213 Å². The third kappa shape index (κ3) is 5.49. The van der Waals surface area contributed by atoms with Crippen molar-refractivity contribution >= 4 is 17.6 Å². The Morgan fingerprint density at radius 1 is 1.06 bits per heavy atom. The number of nitrogens with one attached hydrogen (secondary N) is 3. The van der Waals surface area contributed by atoms with Crippen molar-refractivity contribution < 1.29 is 14.3 Å². The first-order chi connectivity index (χ1) is 17.6. The van der Waals surface area contributed by atoms with Crippen molar-refractivity contribution in [3.63, 3.8) is 0 Å². The van der Waals surface area contributed by atoms with Crippen molar-refractivity contribution in [1.82, 2.24) is 20.4 Å². The first-order valence-corrected chi connectivity index (χ1v) is 13.6. The van der Waals surface area contributed by atoms with Crippen LogP contribution in [0.15, 0.2) is 36.9 Å². The van der Waals surface area contributed by atoms with Gasteiger partial charge >= 0.3 is 5.97 Å². The van der Waals surface area contributed by atoms with E-state index in [1.165, 1.54) is 39.2 Å². The summed E-state index contributed by atoms with van der Waals surface area (Å²) in [6, 6.07) is 5.29. The van der Waals surface area contributed by atoms with Crippen molar-refractivity contribution in [2.45, 2.75) is 95.2 Å². The fraction of sp³-hybridized carbons (Fsp3) is 0.607. The van der Waals surface area contributed by atoms with Crippen LogP contribution < -0.4 is 16.2 Å². The number of imidazole rings is 1. The molecule has 1 spiro atoms. The van der Waals surface area contributed by atoms with Crippen LogP contribution >= 0.6 is 0 Å². The number of nitrogens with zero attached hydrogens (tertiary/aromatic N) is 2. The second-order valence-electron chi connectivity index (χ2n) is 10.9. The minimum Gasteiger partial charge on any atom is -0.465 e. The number of amides is 1. The lowest BCUT2D eigenvalue weighted by Gasteiger charge is -2.48. The molecular weight excluding hydrogens is 454 g/mol. The molecular formula is C28H39N5O3.